The number of sulfonamides is 1. The first-order valence-electron chi connectivity index (χ1n) is 6.12. The molecule has 2 aromatic heterocycles. The Morgan fingerprint density at radius 3 is 2.85 bits per heavy atom. The molecular formula is C12H16N2O3S3. The van der Waals surface area contributed by atoms with Crippen LogP contribution in [0.5, 0.6) is 0 Å². The summed E-state index contributed by atoms with van der Waals surface area (Å²) in [6, 6.07) is 1.11. The summed E-state index contributed by atoms with van der Waals surface area (Å²) in [5, 5.41) is 11.6. The molecule has 0 saturated carbocycles. The SMILES string of the molecule is CCc1cnc(C(C)NS(=O)(=O)c2ccsc2CO)s1. The molecule has 1 atom stereocenters. The highest BCUT2D eigenvalue weighted by atomic mass is 32.2. The third-order valence-corrected chi connectivity index (χ3v) is 6.74. The van der Waals surface area contributed by atoms with E-state index in [4.69, 9.17) is 5.11 Å². The van der Waals surface area contributed by atoms with E-state index in [9.17, 15) is 8.42 Å². The van der Waals surface area contributed by atoms with Crippen molar-refractivity contribution in [3.05, 3.63) is 32.4 Å². The highest BCUT2D eigenvalue weighted by molar-refractivity contribution is 7.89. The lowest BCUT2D eigenvalue weighted by molar-refractivity contribution is 0.282. The van der Waals surface area contributed by atoms with Crippen molar-refractivity contribution in [3.8, 4) is 0 Å². The molecule has 0 aliphatic carbocycles. The summed E-state index contributed by atoms with van der Waals surface area (Å²) in [5.74, 6) is 0. The standard InChI is InChI=1S/C12H16N2O3S3/c1-3-9-6-13-12(19-9)8(2)14-20(16,17)11-4-5-18-10(11)7-15/h4-6,8,14-15H,3,7H2,1-2H3. The number of aliphatic hydroxyl groups is 1. The van der Waals surface area contributed by atoms with Crippen LogP contribution in [-0.4, -0.2) is 18.5 Å². The second-order valence-corrected chi connectivity index (χ2v) is 8.06. The minimum absolute atomic E-state index is 0.143. The monoisotopic (exact) mass is 332 g/mol. The van der Waals surface area contributed by atoms with Gasteiger partial charge in [0.05, 0.1) is 17.5 Å². The zero-order valence-electron chi connectivity index (χ0n) is 11.2. The first kappa shape index (κ1) is 15.6. The number of aryl methyl sites for hydroxylation is 1. The minimum atomic E-state index is -3.64. The van der Waals surface area contributed by atoms with E-state index in [1.807, 2.05) is 6.92 Å². The lowest BCUT2D eigenvalue weighted by atomic mass is 10.4. The van der Waals surface area contributed by atoms with Crippen LogP contribution in [-0.2, 0) is 23.1 Å². The zero-order valence-corrected chi connectivity index (χ0v) is 13.6. The van der Waals surface area contributed by atoms with Crippen molar-refractivity contribution in [2.24, 2.45) is 0 Å². The van der Waals surface area contributed by atoms with Gasteiger partial charge in [0.1, 0.15) is 5.01 Å². The molecule has 0 aliphatic heterocycles. The van der Waals surface area contributed by atoms with E-state index >= 15 is 0 Å². The summed E-state index contributed by atoms with van der Waals surface area (Å²) < 4.78 is 27.2. The van der Waals surface area contributed by atoms with Gasteiger partial charge in [-0.1, -0.05) is 6.92 Å². The van der Waals surface area contributed by atoms with Gasteiger partial charge in [0, 0.05) is 16.0 Å². The lowest BCUT2D eigenvalue weighted by Gasteiger charge is -2.11. The normalized spacial score (nSPS) is 13.6. The quantitative estimate of drug-likeness (QED) is 0.851. The van der Waals surface area contributed by atoms with Crippen LogP contribution < -0.4 is 4.72 Å². The first-order chi connectivity index (χ1) is 9.47. The number of thiophene rings is 1. The van der Waals surface area contributed by atoms with Crippen LogP contribution in [0.1, 0.15) is 34.7 Å². The Hall–Kier alpha value is -0.800. The van der Waals surface area contributed by atoms with Gasteiger partial charge in [-0.05, 0) is 24.8 Å². The summed E-state index contributed by atoms with van der Waals surface area (Å²) in [7, 11) is -3.64. The van der Waals surface area contributed by atoms with Crippen molar-refractivity contribution in [1.29, 1.82) is 0 Å². The molecule has 0 fully saturated rings. The summed E-state index contributed by atoms with van der Waals surface area (Å²) in [6.07, 6.45) is 2.66. The van der Waals surface area contributed by atoms with Crippen LogP contribution in [0.25, 0.3) is 0 Å². The number of aromatic nitrogens is 1. The van der Waals surface area contributed by atoms with Crippen LogP contribution in [0.3, 0.4) is 0 Å². The van der Waals surface area contributed by atoms with Crippen LogP contribution in [0, 0.1) is 0 Å². The average molecular weight is 332 g/mol. The molecule has 2 rings (SSSR count). The highest BCUT2D eigenvalue weighted by Crippen LogP contribution is 2.25. The van der Waals surface area contributed by atoms with Gasteiger partial charge in [-0.2, -0.15) is 0 Å². The van der Waals surface area contributed by atoms with Gasteiger partial charge < -0.3 is 5.11 Å². The van der Waals surface area contributed by atoms with E-state index in [1.165, 1.54) is 28.7 Å². The third-order valence-electron chi connectivity index (χ3n) is 2.76. The van der Waals surface area contributed by atoms with Gasteiger partial charge in [0.2, 0.25) is 10.0 Å². The fraction of sp³-hybridized carbons (Fsp3) is 0.417. The molecular weight excluding hydrogens is 316 g/mol. The summed E-state index contributed by atoms with van der Waals surface area (Å²) in [6.45, 7) is 3.52. The topological polar surface area (TPSA) is 79.3 Å². The van der Waals surface area contributed by atoms with E-state index in [-0.39, 0.29) is 11.5 Å². The largest absolute Gasteiger partial charge is 0.391 e. The summed E-state index contributed by atoms with van der Waals surface area (Å²) >= 11 is 2.73. The van der Waals surface area contributed by atoms with E-state index in [0.29, 0.717) is 4.88 Å². The van der Waals surface area contributed by atoms with Crippen LogP contribution >= 0.6 is 22.7 Å². The molecule has 0 spiro atoms. The zero-order chi connectivity index (χ0) is 14.8. The van der Waals surface area contributed by atoms with E-state index in [2.05, 4.69) is 9.71 Å². The van der Waals surface area contributed by atoms with E-state index in [1.54, 1.807) is 18.5 Å². The second-order valence-electron chi connectivity index (χ2n) is 4.23. The predicted molar refractivity (Wildman–Crippen MR) is 80.5 cm³/mol. The molecule has 2 heterocycles. The number of rotatable bonds is 6. The Kier molecular flexibility index (Phi) is 4.92. The second kappa shape index (κ2) is 6.31. The molecule has 20 heavy (non-hydrogen) atoms. The maximum atomic E-state index is 12.3. The fourth-order valence-electron chi connectivity index (χ4n) is 1.72. The van der Waals surface area contributed by atoms with Crippen molar-refractivity contribution in [1.82, 2.24) is 9.71 Å². The molecule has 5 nitrogen and oxygen atoms in total. The molecule has 0 bridgehead atoms. The minimum Gasteiger partial charge on any atom is -0.391 e. The smallest absolute Gasteiger partial charge is 0.242 e. The maximum absolute atomic E-state index is 12.3. The number of nitrogens with zero attached hydrogens (tertiary/aromatic N) is 1. The van der Waals surface area contributed by atoms with Crippen molar-refractivity contribution in [3.63, 3.8) is 0 Å². The lowest BCUT2D eigenvalue weighted by Crippen LogP contribution is -2.27. The number of nitrogens with one attached hydrogen (secondary N) is 1. The van der Waals surface area contributed by atoms with Crippen LogP contribution in [0.15, 0.2) is 22.5 Å². The van der Waals surface area contributed by atoms with Crippen molar-refractivity contribution < 1.29 is 13.5 Å². The van der Waals surface area contributed by atoms with E-state index < -0.39 is 16.1 Å². The van der Waals surface area contributed by atoms with Gasteiger partial charge in [-0.25, -0.2) is 18.1 Å². The molecule has 0 saturated heterocycles. The van der Waals surface area contributed by atoms with Crippen molar-refractivity contribution >= 4 is 32.7 Å². The number of hydrogen-bond donors (Lipinski definition) is 2. The van der Waals surface area contributed by atoms with Gasteiger partial charge >= 0.3 is 0 Å². The Bertz CT molecular complexity index is 676. The Morgan fingerprint density at radius 1 is 1.50 bits per heavy atom. The number of thiazole rings is 1. The molecule has 0 radical (unpaired) electrons. The number of aliphatic hydroxyl groups excluding tert-OH is 1. The Morgan fingerprint density at radius 2 is 2.25 bits per heavy atom. The van der Waals surface area contributed by atoms with Gasteiger partial charge in [-0.3, -0.25) is 0 Å². The van der Waals surface area contributed by atoms with Gasteiger partial charge in [-0.15, -0.1) is 22.7 Å². The summed E-state index contributed by atoms with van der Waals surface area (Å²) in [5.41, 5.74) is 0. The third kappa shape index (κ3) is 3.26. The Balaban J connectivity index is 2.20. The van der Waals surface area contributed by atoms with Crippen LogP contribution in [0.2, 0.25) is 0 Å². The average Bonchev–Trinajstić information content (AvgIpc) is 3.07. The maximum Gasteiger partial charge on any atom is 0.242 e. The molecule has 0 amide bonds. The van der Waals surface area contributed by atoms with Crippen molar-refractivity contribution in [2.45, 2.75) is 37.8 Å². The molecule has 2 aromatic rings. The molecule has 8 heteroatoms. The number of hydrogen-bond acceptors (Lipinski definition) is 6. The van der Waals surface area contributed by atoms with Gasteiger partial charge in [0.25, 0.3) is 0 Å². The molecule has 1 unspecified atom stereocenters. The molecule has 110 valence electrons. The molecule has 0 aromatic carbocycles. The van der Waals surface area contributed by atoms with Crippen molar-refractivity contribution in [2.75, 3.05) is 0 Å². The highest BCUT2D eigenvalue weighted by Gasteiger charge is 2.23. The Labute approximate surface area is 126 Å². The molecule has 2 N–H and O–H groups in total. The van der Waals surface area contributed by atoms with Gasteiger partial charge in [0.15, 0.2) is 0 Å². The predicted octanol–water partition coefficient (Wildman–Crippen LogP) is 2.30. The summed E-state index contributed by atoms with van der Waals surface area (Å²) in [4.78, 5) is 5.95. The van der Waals surface area contributed by atoms with E-state index in [0.717, 1.165) is 16.3 Å². The molecule has 0 aliphatic rings. The van der Waals surface area contributed by atoms with Crippen LogP contribution in [0.4, 0.5) is 0 Å². The fourth-order valence-corrected chi connectivity index (χ4v) is 5.15. The first-order valence-corrected chi connectivity index (χ1v) is 9.30.